The molecule has 17 rings (SSSR count). The summed E-state index contributed by atoms with van der Waals surface area (Å²) >= 11 is 4.46. The van der Waals surface area contributed by atoms with E-state index in [0.29, 0.717) is 101 Å². The molecule has 4 aromatic carbocycles. The van der Waals surface area contributed by atoms with Gasteiger partial charge in [0.05, 0.1) is 11.0 Å². The summed E-state index contributed by atoms with van der Waals surface area (Å²) in [5, 5.41) is 7.78. The third kappa shape index (κ3) is 26.8. The molecule has 7 amide bonds. The summed E-state index contributed by atoms with van der Waals surface area (Å²) in [5.41, 5.74) is 1.48. The van der Waals surface area contributed by atoms with Crippen molar-refractivity contribution in [2.75, 3.05) is 80.5 Å². The van der Waals surface area contributed by atoms with Crippen molar-refractivity contribution in [2.24, 2.45) is 29.4 Å². The van der Waals surface area contributed by atoms with Crippen molar-refractivity contribution in [3.05, 3.63) is 209 Å². The Bertz CT molecular complexity index is 6730. The number of primary amides is 1. The Hall–Kier alpha value is -12.5. The van der Waals surface area contributed by atoms with Gasteiger partial charge in [-0.15, -0.1) is 0 Å². The van der Waals surface area contributed by atoms with E-state index in [9.17, 15) is 104 Å². The first-order valence-electron chi connectivity index (χ1n) is 44.6. The number of amides is 7. The topological polar surface area (TPSA) is 352 Å². The molecule has 4 saturated heterocycles. The number of likely N-dealkylation sites (tertiary alicyclic amines) is 4. The minimum absolute atomic E-state index is 0. The number of carbonyl (C=O) groups excluding carboxylic acids is 8. The predicted molar refractivity (Wildman–Crippen MR) is 502 cm³/mol. The number of nitrogens with one attached hydrogen (secondary N) is 3. The second-order valence-corrected chi connectivity index (χ2v) is 40.0. The molecule has 0 unspecified atom stereocenters. The molecule has 48 heteroatoms. The molecule has 8 aromatic heterocycles. The highest BCUT2D eigenvalue weighted by Gasteiger charge is 2.64. The van der Waals surface area contributed by atoms with Crippen LogP contribution in [0.5, 0.6) is 23.0 Å². The summed E-state index contributed by atoms with van der Waals surface area (Å²) in [6.45, 7) is 13.6. The van der Waals surface area contributed by atoms with Gasteiger partial charge in [0.25, 0.3) is 23.6 Å². The average Bonchev–Trinajstić information content (AvgIpc) is 1.57. The number of rotatable bonds is 22. The first-order valence-corrected chi connectivity index (χ1v) is 47.8. The summed E-state index contributed by atoms with van der Waals surface area (Å²) in [4.78, 5) is 140. The molecule has 0 spiro atoms. The lowest BCUT2D eigenvalue weighted by Crippen LogP contribution is -2.41. The number of carbonyl (C=O) groups is 8. The number of aldehydes is 1. The number of nitrogens with two attached hydrogens (primary N) is 1. The molecule has 0 radical (unpaired) electrons. The van der Waals surface area contributed by atoms with Crippen molar-refractivity contribution in [1.29, 1.82) is 0 Å². The number of halogens is 16. The van der Waals surface area contributed by atoms with Gasteiger partial charge in [-0.2, -0.15) is 35.1 Å². The number of thiazole rings is 4. The molecule has 770 valence electrons. The summed E-state index contributed by atoms with van der Waals surface area (Å²) in [6.07, 6.45) is 1.45. The number of aryl methyl sites for hydroxylation is 1. The predicted octanol–water partition coefficient (Wildman–Crippen LogP) is 18.1. The lowest BCUT2D eigenvalue weighted by Gasteiger charge is -2.27. The van der Waals surface area contributed by atoms with Crippen LogP contribution in [-0.4, -0.2) is 200 Å². The van der Waals surface area contributed by atoms with E-state index in [2.05, 4.69) is 93.0 Å². The number of ether oxygens (including phenoxy) is 4. The summed E-state index contributed by atoms with van der Waals surface area (Å²) in [7, 11) is 7.87. The van der Waals surface area contributed by atoms with Crippen molar-refractivity contribution in [3.63, 3.8) is 0 Å². The number of piperidine rings is 4. The second kappa shape index (κ2) is 46.7. The van der Waals surface area contributed by atoms with Crippen LogP contribution in [0.15, 0.2) is 97.6 Å². The van der Waals surface area contributed by atoms with Gasteiger partial charge in [-0.3, -0.25) is 49.5 Å². The molecular formula is C96H98F16N16O12S4. The van der Waals surface area contributed by atoms with E-state index >= 15 is 4.39 Å². The van der Waals surface area contributed by atoms with Crippen molar-refractivity contribution < 1.29 is 128 Å². The number of hydrogen-bond donors (Lipinski definition) is 4. The maximum absolute atomic E-state index is 15.0. The SMILES string of the molecule is C.CN1CCC(C(=O)NC(=O)c2c(F)ccc(OCc3nc4cc(C(C)(C)C)cnc4s3)c2F)CC1.CN1CCC(C(=O)NC(=O)c2c(F)ccc(OCc3nc4cc(C(F)(F)C(F)(F)F)cnc4s3)c2F)CC1.CN1CCC(C=O)CC1.Cc1cnc2sc(COc3ccc(F)c(C(=O)NC(=O)C4CCN(C)CC4)c3F)nc2c1.NC(=O)c1c(F)ccc(OCc2nc3cc(C4(C(F)(F)F)CC4)cnc3s2)c1F. The molecule has 1 saturated carbocycles. The largest absolute Gasteiger partial charge is 0.483 e. The van der Waals surface area contributed by atoms with E-state index < -0.39 is 163 Å². The fourth-order valence-corrected chi connectivity index (χ4v) is 18.7. The first kappa shape index (κ1) is 110. The molecule has 12 aromatic rings. The first-order chi connectivity index (χ1) is 67.6. The fourth-order valence-electron chi connectivity index (χ4n) is 15.5. The van der Waals surface area contributed by atoms with Gasteiger partial charge in [0.2, 0.25) is 17.7 Å². The van der Waals surface area contributed by atoms with E-state index in [1.54, 1.807) is 6.20 Å². The molecule has 5 N–H and O–H groups in total. The maximum Gasteiger partial charge on any atom is 0.458 e. The normalized spacial score (nSPS) is 15.8. The molecule has 5 fully saturated rings. The van der Waals surface area contributed by atoms with Gasteiger partial charge in [0.15, 0.2) is 46.3 Å². The van der Waals surface area contributed by atoms with Gasteiger partial charge >= 0.3 is 18.3 Å². The minimum Gasteiger partial charge on any atom is -0.483 e. The monoisotopic (exact) mass is 2100 g/mol. The van der Waals surface area contributed by atoms with E-state index in [4.69, 9.17) is 24.7 Å². The van der Waals surface area contributed by atoms with E-state index in [-0.39, 0.29) is 95.3 Å². The Kier molecular flexibility index (Phi) is 35.8. The summed E-state index contributed by atoms with van der Waals surface area (Å²) in [6, 6.07) is 13.4. The highest BCUT2D eigenvalue weighted by molar-refractivity contribution is 7.19. The number of imide groups is 3. The summed E-state index contributed by atoms with van der Waals surface area (Å²) < 4.78 is 242. The van der Waals surface area contributed by atoms with Crippen LogP contribution in [0.1, 0.15) is 176 Å². The smallest absolute Gasteiger partial charge is 0.458 e. The lowest BCUT2D eigenvalue weighted by atomic mass is 9.88. The van der Waals surface area contributed by atoms with Gasteiger partial charge in [0.1, 0.15) is 140 Å². The molecule has 28 nitrogen and oxygen atoms in total. The number of fused-ring (bicyclic) bond motifs is 4. The number of alkyl halides is 8. The number of hydrogen-bond acceptors (Lipinski definition) is 28. The standard InChI is InChI=1S/C25H28F2N4O3S.C23H19F7N4O3S.C22H22F2N4O3S.C18H12F5N3O2S.C7H13NO.CH4/c1-25(2,3)15-11-17-24(28-12-15)35-19(29-17)13-34-18-6-5-16(26)20(21(18)27)23(33)30-22(32)14-7-9-31(4)10-8-14;1-34-6-4-11(5-7-34)19(35)33-20(36)17-13(24)2-3-15(18(17)25)37-10-16-32-14-8-12(9-31-21(14)38-16)22(26,27)23(28,29)30;1-12-9-15-22(25-10-12)32-17(26-15)11-31-16-4-3-14(23)18(19(16)24)21(30)27-20(29)13-5-7-28(2)8-6-13;19-9-1-2-11(14(20)13(9)15(24)27)28-7-12-26-10-5-8(6-25-16(10)29-12)17(3-4-17)18(21,22)23;1-8-4-2-7(6-9)3-5-8;/h5-6,11-12,14H,7-10,13H2,1-4H3,(H,30,32,33);2-3,8-9,11H,4-7,10H2,1H3,(H,33,35,36);3-4,9-10,13H,5-8,11H2,1-2H3,(H,27,29,30);1-2,5-6H,3-4,7H2,(H2,24,27);6-7H,2-5H2,1H3;1H4. The van der Waals surface area contributed by atoms with Crippen molar-refractivity contribution >= 4 is 134 Å². The number of nitrogens with zero attached hydrogens (tertiary/aromatic N) is 12. The third-order valence-corrected chi connectivity index (χ3v) is 28.0. The molecule has 12 heterocycles. The quantitative estimate of drug-likeness (QED) is 0.0278. The van der Waals surface area contributed by atoms with E-state index in [1.807, 2.05) is 56.6 Å². The third-order valence-electron chi connectivity index (χ3n) is 24.2. The Labute approximate surface area is 829 Å². The highest BCUT2D eigenvalue weighted by atomic mass is 32.1. The zero-order chi connectivity index (χ0) is 104. The van der Waals surface area contributed by atoms with Crippen LogP contribution in [0.2, 0.25) is 0 Å². The van der Waals surface area contributed by atoms with Crippen LogP contribution in [0.25, 0.3) is 41.4 Å². The Balaban J connectivity index is 0.000000166. The zero-order valence-electron chi connectivity index (χ0n) is 77.7. The summed E-state index contributed by atoms with van der Waals surface area (Å²) in [5.74, 6) is -23.5. The highest BCUT2D eigenvalue weighted by Crippen LogP contribution is 2.59. The molecule has 0 atom stereocenters. The average molecular weight is 2100 g/mol. The van der Waals surface area contributed by atoms with Crippen molar-refractivity contribution in [2.45, 2.75) is 155 Å². The van der Waals surface area contributed by atoms with E-state index in [1.165, 1.54) is 34.9 Å². The van der Waals surface area contributed by atoms with Crippen LogP contribution in [0, 0.1) is 77.1 Å². The van der Waals surface area contributed by atoms with Crippen LogP contribution in [-0.2, 0) is 62.4 Å². The van der Waals surface area contributed by atoms with Gasteiger partial charge in [-0.25, -0.2) is 75.0 Å². The zero-order valence-corrected chi connectivity index (χ0v) is 81.0. The molecule has 5 aliphatic rings. The minimum atomic E-state index is -5.83. The van der Waals surface area contributed by atoms with Crippen molar-refractivity contribution in [3.8, 4) is 23.0 Å². The van der Waals surface area contributed by atoms with Gasteiger partial charge in [0, 0.05) is 48.5 Å². The Morgan fingerprint density at radius 2 is 0.715 bits per heavy atom. The maximum atomic E-state index is 15.0. The number of benzene rings is 4. The molecule has 144 heavy (non-hydrogen) atoms. The number of pyridine rings is 4. The molecular weight excluding hydrogens is 2000 g/mol. The van der Waals surface area contributed by atoms with Gasteiger partial charge in [-0.1, -0.05) is 73.5 Å². The van der Waals surface area contributed by atoms with Crippen LogP contribution < -0.4 is 40.6 Å². The molecule has 0 bridgehead atoms. The second-order valence-electron chi connectivity index (χ2n) is 35.7. The Morgan fingerprint density at radius 1 is 0.424 bits per heavy atom. The Morgan fingerprint density at radius 3 is 1.03 bits per heavy atom. The van der Waals surface area contributed by atoms with Gasteiger partial charge < -0.3 is 49.1 Å². The van der Waals surface area contributed by atoms with E-state index in [0.717, 1.165) is 150 Å². The fraction of sp³-hybridized carbons (Fsp3) is 0.417. The number of aromatic nitrogens is 8. The van der Waals surface area contributed by atoms with Crippen LogP contribution in [0.3, 0.4) is 0 Å². The van der Waals surface area contributed by atoms with Crippen LogP contribution in [0.4, 0.5) is 70.2 Å². The van der Waals surface area contributed by atoms with Crippen molar-refractivity contribution in [1.82, 2.24) is 75.4 Å². The van der Waals surface area contributed by atoms with Crippen LogP contribution >= 0.6 is 45.3 Å². The molecule has 4 aliphatic heterocycles. The van der Waals surface area contributed by atoms with Gasteiger partial charge in [-0.05, 0) is 247 Å². The molecule has 1 aliphatic carbocycles. The lowest BCUT2D eigenvalue weighted by molar-refractivity contribution is -0.289.